The lowest BCUT2D eigenvalue weighted by Crippen LogP contribution is -2.20. The first kappa shape index (κ1) is 22.0. The molecule has 0 spiro atoms. The van der Waals surface area contributed by atoms with Gasteiger partial charge in [0.15, 0.2) is 5.76 Å². The van der Waals surface area contributed by atoms with Crippen molar-refractivity contribution in [2.45, 2.75) is 13.8 Å². The third-order valence-corrected chi connectivity index (χ3v) is 6.37. The third-order valence-electron chi connectivity index (χ3n) is 6.14. The van der Waals surface area contributed by atoms with E-state index in [2.05, 4.69) is 14.7 Å². The predicted molar refractivity (Wildman–Crippen MR) is 142 cm³/mol. The lowest BCUT2D eigenvalue weighted by molar-refractivity contribution is 0.616. The Morgan fingerprint density at radius 1 is 1.03 bits per heavy atom. The number of benzene rings is 2. The maximum atomic E-state index is 13.5. The average Bonchev–Trinajstić information content (AvgIpc) is 3.43. The van der Waals surface area contributed by atoms with E-state index in [1.807, 2.05) is 62.5 Å². The van der Waals surface area contributed by atoms with Crippen molar-refractivity contribution < 1.29 is 4.42 Å². The van der Waals surface area contributed by atoms with Crippen LogP contribution in [0.5, 0.6) is 0 Å². The Labute approximate surface area is 210 Å². The lowest BCUT2D eigenvalue weighted by Gasteiger charge is -2.09. The maximum absolute atomic E-state index is 13.5. The first-order chi connectivity index (χ1) is 17.5. The van der Waals surface area contributed by atoms with Gasteiger partial charge in [-0.15, -0.1) is 0 Å². The van der Waals surface area contributed by atoms with E-state index in [1.54, 1.807) is 36.7 Å². The molecule has 176 valence electrons. The summed E-state index contributed by atoms with van der Waals surface area (Å²) in [5.74, 6) is 0.733. The minimum atomic E-state index is -0.286. The molecule has 0 fully saturated rings. The zero-order chi connectivity index (χ0) is 24.8. The molecular weight excluding hydrogens is 474 g/mol. The molecule has 0 aliphatic rings. The number of aryl methyl sites for hydroxylation is 1. The number of halogens is 1. The number of para-hydroxylation sites is 1. The fraction of sp³-hybridized carbons (Fsp3) is 0.0714. The molecule has 7 nitrogen and oxygen atoms in total. The molecule has 2 aromatic carbocycles. The number of nitrogens with zero attached hydrogens (tertiary/aromatic N) is 5. The Morgan fingerprint density at radius 2 is 1.89 bits per heavy atom. The van der Waals surface area contributed by atoms with Crippen molar-refractivity contribution in [3.05, 3.63) is 111 Å². The van der Waals surface area contributed by atoms with E-state index in [9.17, 15) is 4.79 Å². The lowest BCUT2D eigenvalue weighted by atomic mass is 10.2. The topological polar surface area (TPSA) is 78.2 Å². The van der Waals surface area contributed by atoms with Crippen LogP contribution in [0, 0.1) is 13.8 Å². The number of fused-ring (bicyclic) bond motifs is 2. The molecule has 6 rings (SSSR count). The Kier molecular flexibility index (Phi) is 5.27. The van der Waals surface area contributed by atoms with Gasteiger partial charge in [-0.25, -0.2) is 4.98 Å². The number of hydrogen-bond acceptors (Lipinski definition) is 5. The molecule has 0 N–H and O–H groups in total. The Bertz CT molecular complexity index is 1850. The van der Waals surface area contributed by atoms with Crippen LogP contribution in [-0.4, -0.2) is 25.4 Å². The number of furan rings is 1. The summed E-state index contributed by atoms with van der Waals surface area (Å²) in [4.78, 5) is 22.5. The second-order valence-corrected chi connectivity index (χ2v) is 8.92. The Balaban J connectivity index is 1.53. The first-order valence-electron chi connectivity index (χ1n) is 11.3. The van der Waals surface area contributed by atoms with Crippen molar-refractivity contribution in [1.29, 1.82) is 0 Å². The molecule has 4 aromatic heterocycles. The van der Waals surface area contributed by atoms with Gasteiger partial charge < -0.3 is 8.98 Å². The highest BCUT2D eigenvalue weighted by Gasteiger charge is 2.17. The molecule has 4 heterocycles. The quantitative estimate of drug-likeness (QED) is 0.276. The molecule has 0 unspecified atom stereocenters. The molecule has 0 saturated heterocycles. The van der Waals surface area contributed by atoms with Crippen LogP contribution in [0.2, 0.25) is 5.02 Å². The molecule has 36 heavy (non-hydrogen) atoms. The number of pyridine rings is 1. The normalized spacial score (nSPS) is 11.8. The van der Waals surface area contributed by atoms with E-state index in [1.165, 1.54) is 4.68 Å². The summed E-state index contributed by atoms with van der Waals surface area (Å²) in [6.45, 7) is 4.03. The first-order valence-corrected chi connectivity index (χ1v) is 11.7. The van der Waals surface area contributed by atoms with Crippen LogP contribution >= 0.6 is 11.6 Å². The number of aromatic nitrogens is 4. The van der Waals surface area contributed by atoms with Crippen LogP contribution in [-0.2, 0) is 0 Å². The maximum Gasteiger partial charge on any atom is 0.282 e. The molecule has 0 atom stereocenters. The molecule has 0 aliphatic carbocycles. The second-order valence-electron chi connectivity index (χ2n) is 8.48. The van der Waals surface area contributed by atoms with Crippen molar-refractivity contribution >= 4 is 39.7 Å². The average molecular weight is 494 g/mol. The summed E-state index contributed by atoms with van der Waals surface area (Å²) in [5, 5.41) is 6.48. The molecule has 0 bridgehead atoms. The van der Waals surface area contributed by atoms with Gasteiger partial charge in [0.25, 0.3) is 5.56 Å². The van der Waals surface area contributed by atoms with Crippen molar-refractivity contribution in [3.8, 4) is 17.3 Å². The Morgan fingerprint density at radius 3 is 2.72 bits per heavy atom. The SMILES string of the molecule is Cc1cc(C=Nn2c(-c3cc4cc(Cl)ccc4o3)nc3ccccc3c2=O)c(C)n1-c1cccnc1. The molecule has 0 saturated carbocycles. The highest BCUT2D eigenvalue weighted by molar-refractivity contribution is 6.31. The second kappa shape index (κ2) is 8.62. The van der Waals surface area contributed by atoms with E-state index < -0.39 is 0 Å². The Hall–Kier alpha value is -4.49. The van der Waals surface area contributed by atoms with Gasteiger partial charge in [-0.2, -0.15) is 9.78 Å². The predicted octanol–water partition coefficient (Wildman–Crippen LogP) is 6.15. The van der Waals surface area contributed by atoms with Crippen LogP contribution in [0.1, 0.15) is 17.0 Å². The van der Waals surface area contributed by atoms with E-state index in [0.717, 1.165) is 28.0 Å². The van der Waals surface area contributed by atoms with Gasteiger partial charge in [0.05, 0.1) is 29.0 Å². The van der Waals surface area contributed by atoms with Crippen molar-refractivity contribution in [2.75, 3.05) is 0 Å². The summed E-state index contributed by atoms with van der Waals surface area (Å²) in [6.07, 6.45) is 5.23. The van der Waals surface area contributed by atoms with E-state index in [-0.39, 0.29) is 5.56 Å². The van der Waals surface area contributed by atoms with Gasteiger partial charge in [0.1, 0.15) is 5.58 Å². The molecule has 0 aliphatic heterocycles. The summed E-state index contributed by atoms with van der Waals surface area (Å²) in [5.41, 5.74) is 4.76. The summed E-state index contributed by atoms with van der Waals surface area (Å²) >= 11 is 6.16. The summed E-state index contributed by atoms with van der Waals surface area (Å²) < 4.78 is 9.43. The largest absolute Gasteiger partial charge is 0.453 e. The van der Waals surface area contributed by atoms with Gasteiger partial charge >= 0.3 is 0 Å². The molecule has 6 aromatic rings. The van der Waals surface area contributed by atoms with Crippen LogP contribution in [0.25, 0.3) is 39.1 Å². The molecular formula is C28H20ClN5O2. The summed E-state index contributed by atoms with van der Waals surface area (Å²) in [7, 11) is 0. The molecule has 0 amide bonds. The van der Waals surface area contributed by atoms with Crippen molar-refractivity contribution in [1.82, 2.24) is 19.2 Å². The van der Waals surface area contributed by atoms with Gasteiger partial charge in [-0.05, 0) is 68.4 Å². The van der Waals surface area contributed by atoms with Gasteiger partial charge in [-0.3, -0.25) is 9.78 Å². The number of hydrogen-bond donors (Lipinski definition) is 0. The van der Waals surface area contributed by atoms with Crippen LogP contribution in [0.4, 0.5) is 0 Å². The van der Waals surface area contributed by atoms with E-state index in [4.69, 9.17) is 21.0 Å². The smallest absolute Gasteiger partial charge is 0.282 e. The fourth-order valence-corrected chi connectivity index (χ4v) is 4.62. The van der Waals surface area contributed by atoms with E-state index >= 15 is 0 Å². The van der Waals surface area contributed by atoms with Crippen LogP contribution in [0.3, 0.4) is 0 Å². The van der Waals surface area contributed by atoms with Crippen LogP contribution in [0.15, 0.2) is 93.4 Å². The monoisotopic (exact) mass is 493 g/mol. The van der Waals surface area contributed by atoms with Crippen molar-refractivity contribution in [3.63, 3.8) is 0 Å². The minimum absolute atomic E-state index is 0.286. The fourth-order valence-electron chi connectivity index (χ4n) is 4.44. The van der Waals surface area contributed by atoms with Gasteiger partial charge in [0.2, 0.25) is 5.82 Å². The van der Waals surface area contributed by atoms with Crippen molar-refractivity contribution in [2.24, 2.45) is 5.10 Å². The van der Waals surface area contributed by atoms with E-state index in [0.29, 0.717) is 33.1 Å². The minimum Gasteiger partial charge on any atom is -0.453 e. The number of rotatable bonds is 4. The zero-order valence-corrected chi connectivity index (χ0v) is 20.3. The zero-order valence-electron chi connectivity index (χ0n) is 19.5. The molecule has 0 radical (unpaired) electrons. The van der Waals surface area contributed by atoms with Gasteiger partial charge in [-0.1, -0.05) is 23.7 Å². The standard InChI is InChI=1S/C28H20ClN5O2/c1-17-12-20(18(2)33(17)22-6-5-11-30-16-22)15-31-34-27(32-24-8-4-3-7-23(24)28(34)35)26-14-19-13-21(29)9-10-25(19)36-26/h3-16H,1-2H3. The van der Waals surface area contributed by atoms with Gasteiger partial charge in [0, 0.05) is 33.6 Å². The molecule has 8 heteroatoms. The highest BCUT2D eigenvalue weighted by atomic mass is 35.5. The van der Waals surface area contributed by atoms with Crippen LogP contribution < -0.4 is 5.56 Å². The highest BCUT2D eigenvalue weighted by Crippen LogP contribution is 2.29. The summed E-state index contributed by atoms with van der Waals surface area (Å²) in [6, 6.07) is 20.3. The third kappa shape index (κ3) is 3.70.